The molecule has 1 unspecified atom stereocenters. The molecule has 0 aromatic heterocycles. The van der Waals surface area contributed by atoms with Crippen LogP contribution in [-0.2, 0) is 4.74 Å². The van der Waals surface area contributed by atoms with E-state index in [0.717, 1.165) is 0 Å². The van der Waals surface area contributed by atoms with Crippen LogP contribution in [0.1, 0.15) is 0 Å². The summed E-state index contributed by atoms with van der Waals surface area (Å²) in [6.07, 6.45) is -18.4. The van der Waals surface area contributed by atoms with E-state index >= 15 is 0 Å². The molecule has 0 amide bonds. The van der Waals surface area contributed by atoms with E-state index in [-0.39, 0.29) is 0 Å². The van der Waals surface area contributed by atoms with Crippen LogP contribution in [0.3, 0.4) is 0 Å². The van der Waals surface area contributed by atoms with Gasteiger partial charge in [-0.05, 0) is 0 Å². The highest BCUT2D eigenvalue weighted by Gasteiger charge is 2.49. The summed E-state index contributed by atoms with van der Waals surface area (Å²) in [4.78, 5) is 0. The Morgan fingerprint density at radius 1 is 0.739 bits per heavy atom. The Morgan fingerprint density at radius 3 is 1.78 bits per heavy atom. The van der Waals surface area contributed by atoms with Gasteiger partial charge in [0.15, 0.2) is 0 Å². The van der Waals surface area contributed by atoms with Crippen LogP contribution < -0.4 is 0 Å². The summed E-state index contributed by atoms with van der Waals surface area (Å²) in [5, 5.41) is 94.9. The molecule has 1 saturated heterocycles. The van der Waals surface area contributed by atoms with Gasteiger partial charge in [-0.25, -0.2) is 0 Å². The lowest BCUT2D eigenvalue weighted by molar-refractivity contribution is -0.264. The normalized spacial score (nSPS) is 38.6. The number of ether oxygens (including phenoxy) is 1. The Balaban J connectivity index is 2.83. The van der Waals surface area contributed by atoms with Gasteiger partial charge < -0.3 is 55.8 Å². The number of aliphatic hydroxyl groups is 10. The van der Waals surface area contributed by atoms with Crippen molar-refractivity contribution in [2.75, 3.05) is 13.2 Å². The first-order valence-corrected chi connectivity index (χ1v) is 6.99. The molecule has 1 fully saturated rings. The molecule has 138 valence electrons. The lowest BCUT2D eigenvalue weighted by Crippen LogP contribution is -2.64. The van der Waals surface area contributed by atoms with Crippen LogP contribution >= 0.6 is 0 Å². The van der Waals surface area contributed by atoms with Crippen molar-refractivity contribution in [2.45, 2.75) is 61.0 Å². The van der Waals surface area contributed by atoms with E-state index in [1.807, 2.05) is 0 Å². The molecule has 1 rings (SSSR count). The highest BCUT2D eigenvalue weighted by atomic mass is 16.6. The average Bonchev–Trinajstić information content (AvgIpc) is 2.56. The van der Waals surface area contributed by atoms with Gasteiger partial charge >= 0.3 is 0 Å². The molecule has 0 radical (unpaired) electrons. The average molecular weight is 344 g/mol. The van der Waals surface area contributed by atoms with Gasteiger partial charge in [0.1, 0.15) is 61.0 Å². The SMILES string of the molecule is OC[C@H](O)[C@@H](O)[C@H](O)[C@H](O)C(O)[C@@H]1O[C@H](CO)[C@@H](O)[C@H](O)[C@H]1O. The first kappa shape index (κ1) is 20.6. The van der Waals surface area contributed by atoms with Gasteiger partial charge in [0, 0.05) is 0 Å². The van der Waals surface area contributed by atoms with E-state index in [9.17, 15) is 40.9 Å². The van der Waals surface area contributed by atoms with Crippen molar-refractivity contribution >= 4 is 0 Å². The molecule has 10 N–H and O–H groups in total. The molecule has 10 atom stereocenters. The third-order valence-corrected chi connectivity index (χ3v) is 3.90. The molecular formula is C12H24O11. The summed E-state index contributed by atoms with van der Waals surface area (Å²) in [5.41, 5.74) is 0. The number of rotatable bonds is 7. The van der Waals surface area contributed by atoms with Gasteiger partial charge in [0.05, 0.1) is 13.2 Å². The van der Waals surface area contributed by atoms with Gasteiger partial charge in [-0.2, -0.15) is 0 Å². The Bertz CT molecular complexity index is 354. The fraction of sp³-hybridized carbons (Fsp3) is 1.00. The highest BCUT2D eigenvalue weighted by Crippen LogP contribution is 2.25. The zero-order valence-electron chi connectivity index (χ0n) is 12.1. The van der Waals surface area contributed by atoms with Crippen LogP contribution in [0.2, 0.25) is 0 Å². The molecule has 0 aromatic carbocycles. The molecule has 1 aliphatic rings. The van der Waals surface area contributed by atoms with Crippen LogP contribution in [0.15, 0.2) is 0 Å². The maximum absolute atomic E-state index is 9.98. The summed E-state index contributed by atoms with van der Waals surface area (Å²) < 4.78 is 5.01. The van der Waals surface area contributed by atoms with E-state index in [0.29, 0.717) is 0 Å². The maximum Gasteiger partial charge on any atom is 0.115 e. The highest BCUT2D eigenvalue weighted by molar-refractivity contribution is 4.98. The van der Waals surface area contributed by atoms with Crippen molar-refractivity contribution in [3.63, 3.8) is 0 Å². The predicted octanol–water partition coefficient (Wildman–Crippen LogP) is -6.37. The molecule has 11 heteroatoms. The van der Waals surface area contributed by atoms with E-state index < -0.39 is 74.3 Å². The van der Waals surface area contributed by atoms with Crippen molar-refractivity contribution in [3.05, 3.63) is 0 Å². The van der Waals surface area contributed by atoms with Crippen molar-refractivity contribution in [1.29, 1.82) is 0 Å². The number of hydrogen-bond acceptors (Lipinski definition) is 11. The monoisotopic (exact) mass is 344 g/mol. The Kier molecular flexibility index (Phi) is 7.70. The molecule has 0 aromatic rings. The molecule has 0 saturated carbocycles. The standard InChI is InChI=1S/C12H24O11/c13-1-3(15)5(16)7(18)9(20)11(22)12-10(21)8(19)6(17)4(2-14)23-12/h3-22H,1-2H2/t3-,4+,5+,6+,7-,8-,9-,10+,11?,12+/m0/s1. The maximum atomic E-state index is 9.98. The molecule has 11 nitrogen and oxygen atoms in total. The van der Waals surface area contributed by atoms with E-state index in [4.69, 9.17) is 14.9 Å². The topological polar surface area (TPSA) is 212 Å². The smallest absolute Gasteiger partial charge is 0.115 e. The van der Waals surface area contributed by atoms with Crippen molar-refractivity contribution < 1.29 is 55.8 Å². The fourth-order valence-corrected chi connectivity index (χ4v) is 2.35. The van der Waals surface area contributed by atoms with Gasteiger partial charge in [-0.15, -0.1) is 0 Å². The van der Waals surface area contributed by atoms with Crippen LogP contribution in [0.5, 0.6) is 0 Å². The first-order chi connectivity index (χ1) is 10.7. The second kappa shape index (κ2) is 8.60. The number of hydrogen-bond donors (Lipinski definition) is 10. The quantitative estimate of drug-likeness (QED) is 0.210. The Hall–Kier alpha value is -0.440. The first-order valence-electron chi connectivity index (χ1n) is 6.99. The summed E-state index contributed by atoms with van der Waals surface area (Å²) in [7, 11) is 0. The second-order valence-electron chi connectivity index (χ2n) is 5.51. The van der Waals surface area contributed by atoms with Gasteiger partial charge in [-0.1, -0.05) is 0 Å². The third kappa shape index (κ3) is 4.35. The summed E-state index contributed by atoms with van der Waals surface area (Å²) >= 11 is 0. The number of aliphatic hydroxyl groups excluding tert-OH is 10. The summed E-state index contributed by atoms with van der Waals surface area (Å²) in [6, 6.07) is 0. The minimum Gasteiger partial charge on any atom is -0.394 e. The van der Waals surface area contributed by atoms with Crippen LogP contribution in [-0.4, -0.2) is 125 Å². The van der Waals surface area contributed by atoms with E-state index in [1.54, 1.807) is 0 Å². The van der Waals surface area contributed by atoms with Gasteiger partial charge in [-0.3, -0.25) is 0 Å². The van der Waals surface area contributed by atoms with Gasteiger partial charge in [0.25, 0.3) is 0 Å². The van der Waals surface area contributed by atoms with Crippen molar-refractivity contribution in [3.8, 4) is 0 Å². The van der Waals surface area contributed by atoms with E-state index in [2.05, 4.69) is 0 Å². The zero-order valence-corrected chi connectivity index (χ0v) is 12.1. The third-order valence-electron chi connectivity index (χ3n) is 3.90. The molecule has 0 aliphatic carbocycles. The van der Waals surface area contributed by atoms with Gasteiger partial charge in [0.2, 0.25) is 0 Å². The van der Waals surface area contributed by atoms with Crippen LogP contribution in [0, 0.1) is 0 Å². The molecule has 1 aliphatic heterocycles. The lowest BCUT2D eigenvalue weighted by atomic mass is 9.88. The summed E-state index contributed by atoms with van der Waals surface area (Å²) in [5.74, 6) is 0. The molecule has 0 spiro atoms. The fourth-order valence-electron chi connectivity index (χ4n) is 2.35. The lowest BCUT2D eigenvalue weighted by Gasteiger charge is -2.43. The van der Waals surface area contributed by atoms with E-state index in [1.165, 1.54) is 0 Å². The van der Waals surface area contributed by atoms with Crippen LogP contribution in [0.4, 0.5) is 0 Å². The molecule has 0 bridgehead atoms. The minimum absolute atomic E-state index is 0.751. The Morgan fingerprint density at radius 2 is 1.30 bits per heavy atom. The zero-order chi connectivity index (χ0) is 17.9. The summed E-state index contributed by atoms with van der Waals surface area (Å²) in [6.45, 7) is -1.67. The van der Waals surface area contributed by atoms with Crippen molar-refractivity contribution in [1.82, 2.24) is 0 Å². The second-order valence-corrected chi connectivity index (χ2v) is 5.51. The predicted molar refractivity (Wildman–Crippen MR) is 70.9 cm³/mol. The molecule has 23 heavy (non-hydrogen) atoms. The van der Waals surface area contributed by atoms with Crippen molar-refractivity contribution in [2.24, 2.45) is 0 Å². The molecule has 1 heterocycles. The van der Waals surface area contributed by atoms with Crippen LogP contribution in [0.25, 0.3) is 0 Å². The largest absolute Gasteiger partial charge is 0.394 e. The minimum atomic E-state index is -2.13. The Labute approximate surface area is 131 Å². The molecular weight excluding hydrogens is 320 g/mol.